The summed E-state index contributed by atoms with van der Waals surface area (Å²) in [5, 5.41) is 8.77. The molecule has 0 saturated heterocycles. The second-order valence-corrected chi connectivity index (χ2v) is 7.75. The van der Waals surface area contributed by atoms with Crippen LogP contribution < -0.4 is 4.72 Å². The van der Waals surface area contributed by atoms with E-state index in [1.54, 1.807) is 13.0 Å². The minimum Gasteiger partial charge on any atom is -0.481 e. The zero-order valence-electron chi connectivity index (χ0n) is 11.0. The van der Waals surface area contributed by atoms with Crippen LogP contribution in [0.3, 0.4) is 0 Å². The summed E-state index contributed by atoms with van der Waals surface area (Å²) in [7, 11) is -3.78. The van der Waals surface area contributed by atoms with Gasteiger partial charge in [0.1, 0.15) is 0 Å². The lowest BCUT2D eigenvalue weighted by Crippen LogP contribution is -2.36. The average Bonchev–Trinajstić information content (AvgIpc) is 2.31. The lowest BCUT2D eigenvalue weighted by molar-refractivity contribution is -0.137. The van der Waals surface area contributed by atoms with Gasteiger partial charge in [-0.25, -0.2) is 13.1 Å². The summed E-state index contributed by atoms with van der Waals surface area (Å²) >= 11 is 6.51. The number of nitrogens with one attached hydrogen (secondary N) is 1. The van der Waals surface area contributed by atoms with Crippen molar-refractivity contribution in [2.24, 2.45) is 0 Å². The summed E-state index contributed by atoms with van der Waals surface area (Å²) in [4.78, 5) is 10.8. The monoisotopic (exact) mass is 427 g/mol. The first-order chi connectivity index (χ1) is 9.17. The molecular formula is C12H15Br2NO4S. The molecule has 1 aromatic carbocycles. The molecule has 8 heteroatoms. The molecule has 1 rings (SSSR count). The third-order valence-corrected chi connectivity index (χ3v) is 6.07. The molecular weight excluding hydrogens is 414 g/mol. The standard InChI is InChI=1S/C12H15Br2NO4S/c1-3-8(5-12(16)17)15-20(18,19)11-6-9(13)7(2)4-10(11)14/h4,6,8,15H,3,5H2,1-2H3,(H,16,17). The number of rotatable bonds is 6. The molecule has 1 unspecified atom stereocenters. The molecule has 0 bridgehead atoms. The van der Waals surface area contributed by atoms with Crippen molar-refractivity contribution < 1.29 is 18.3 Å². The Balaban J connectivity index is 3.10. The van der Waals surface area contributed by atoms with Crippen LogP contribution in [0, 0.1) is 6.92 Å². The number of halogens is 2. The van der Waals surface area contributed by atoms with Crippen molar-refractivity contribution in [1.82, 2.24) is 4.72 Å². The van der Waals surface area contributed by atoms with Crippen molar-refractivity contribution in [1.29, 1.82) is 0 Å². The van der Waals surface area contributed by atoms with Gasteiger partial charge in [-0.15, -0.1) is 0 Å². The van der Waals surface area contributed by atoms with Gasteiger partial charge >= 0.3 is 5.97 Å². The zero-order valence-corrected chi connectivity index (χ0v) is 15.0. The van der Waals surface area contributed by atoms with Crippen LogP contribution in [0.5, 0.6) is 0 Å². The number of sulfonamides is 1. The highest BCUT2D eigenvalue weighted by atomic mass is 79.9. The summed E-state index contributed by atoms with van der Waals surface area (Å²) in [6.07, 6.45) is 0.149. The van der Waals surface area contributed by atoms with E-state index >= 15 is 0 Å². The number of hydrogen-bond donors (Lipinski definition) is 2. The van der Waals surface area contributed by atoms with Gasteiger partial charge in [0.05, 0.1) is 11.3 Å². The zero-order chi connectivity index (χ0) is 15.5. The molecule has 20 heavy (non-hydrogen) atoms. The number of carbonyl (C=O) groups is 1. The van der Waals surface area contributed by atoms with Gasteiger partial charge in [0, 0.05) is 15.0 Å². The Hall–Kier alpha value is -0.440. The predicted octanol–water partition coefficient (Wildman–Crippen LogP) is 3.05. The Labute approximate surface area is 135 Å². The van der Waals surface area contributed by atoms with Crippen molar-refractivity contribution >= 4 is 47.9 Å². The molecule has 0 heterocycles. The largest absolute Gasteiger partial charge is 0.481 e. The molecule has 0 spiro atoms. The van der Waals surface area contributed by atoms with Crippen molar-refractivity contribution in [3.63, 3.8) is 0 Å². The predicted molar refractivity (Wildman–Crippen MR) is 83.2 cm³/mol. The fourth-order valence-electron chi connectivity index (χ4n) is 1.60. The van der Waals surface area contributed by atoms with Crippen molar-refractivity contribution in [2.75, 3.05) is 0 Å². The van der Waals surface area contributed by atoms with E-state index in [9.17, 15) is 13.2 Å². The van der Waals surface area contributed by atoms with E-state index in [1.807, 2.05) is 6.92 Å². The highest BCUT2D eigenvalue weighted by Gasteiger charge is 2.23. The molecule has 1 atom stereocenters. The molecule has 0 amide bonds. The van der Waals surface area contributed by atoms with E-state index in [0.717, 1.165) is 5.56 Å². The molecule has 0 fully saturated rings. The van der Waals surface area contributed by atoms with Crippen LogP contribution in [-0.2, 0) is 14.8 Å². The maximum Gasteiger partial charge on any atom is 0.304 e. The van der Waals surface area contributed by atoms with Crippen LogP contribution in [0.1, 0.15) is 25.3 Å². The van der Waals surface area contributed by atoms with E-state index in [1.165, 1.54) is 6.07 Å². The van der Waals surface area contributed by atoms with Gasteiger partial charge in [0.25, 0.3) is 0 Å². The minimum absolute atomic E-state index is 0.0822. The fourth-order valence-corrected chi connectivity index (χ4v) is 4.59. The fraction of sp³-hybridized carbons (Fsp3) is 0.417. The van der Waals surface area contributed by atoms with Gasteiger partial charge < -0.3 is 5.11 Å². The molecule has 0 aromatic heterocycles. The first kappa shape index (κ1) is 17.6. The molecule has 0 aliphatic heterocycles. The summed E-state index contributed by atoms with van der Waals surface area (Å²) in [5.74, 6) is -1.04. The molecule has 0 saturated carbocycles. The van der Waals surface area contributed by atoms with Gasteiger partial charge in [0.15, 0.2) is 0 Å². The summed E-state index contributed by atoms with van der Waals surface area (Å²) in [5.41, 5.74) is 0.897. The third-order valence-electron chi connectivity index (χ3n) is 2.74. The summed E-state index contributed by atoms with van der Waals surface area (Å²) in [6, 6.07) is 2.55. The molecule has 2 N–H and O–H groups in total. The van der Waals surface area contributed by atoms with Crippen molar-refractivity contribution in [2.45, 2.75) is 37.6 Å². The van der Waals surface area contributed by atoms with Crippen LogP contribution in [0.4, 0.5) is 0 Å². The second kappa shape index (κ2) is 7.02. The number of carboxylic acids is 1. The number of carboxylic acid groups (broad SMARTS) is 1. The van der Waals surface area contributed by atoms with E-state index in [4.69, 9.17) is 5.11 Å². The highest BCUT2D eigenvalue weighted by molar-refractivity contribution is 9.11. The minimum atomic E-state index is -3.78. The van der Waals surface area contributed by atoms with Gasteiger partial charge in [-0.1, -0.05) is 22.9 Å². The molecule has 1 aromatic rings. The summed E-state index contributed by atoms with van der Waals surface area (Å²) in [6.45, 7) is 3.58. The maximum absolute atomic E-state index is 12.3. The first-order valence-corrected chi connectivity index (χ1v) is 8.94. The Kier molecular flexibility index (Phi) is 6.18. The van der Waals surface area contributed by atoms with Gasteiger partial charge in [0.2, 0.25) is 10.0 Å². The number of aryl methyl sites for hydroxylation is 1. The quantitative estimate of drug-likeness (QED) is 0.729. The lowest BCUT2D eigenvalue weighted by atomic mass is 10.2. The van der Waals surface area contributed by atoms with Crippen molar-refractivity contribution in [3.8, 4) is 0 Å². The Bertz CT molecular complexity index is 616. The number of benzene rings is 1. The third kappa shape index (κ3) is 4.54. The van der Waals surface area contributed by atoms with E-state index in [0.29, 0.717) is 15.4 Å². The average molecular weight is 429 g/mol. The first-order valence-electron chi connectivity index (χ1n) is 5.87. The van der Waals surface area contributed by atoms with Crippen LogP contribution in [0.2, 0.25) is 0 Å². The Morgan fingerprint density at radius 2 is 1.95 bits per heavy atom. The Morgan fingerprint density at radius 1 is 1.35 bits per heavy atom. The Morgan fingerprint density at radius 3 is 2.45 bits per heavy atom. The molecule has 0 aliphatic carbocycles. The molecule has 5 nitrogen and oxygen atoms in total. The van der Waals surface area contributed by atoms with E-state index in [2.05, 4.69) is 36.6 Å². The highest BCUT2D eigenvalue weighted by Crippen LogP contribution is 2.29. The van der Waals surface area contributed by atoms with E-state index < -0.39 is 22.0 Å². The normalized spacial score (nSPS) is 13.2. The SMILES string of the molecule is CCC(CC(=O)O)NS(=O)(=O)c1cc(Br)c(C)cc1Br. The number of aliphatic carboxylic acids is 1. The molecule has 0 radical (unpaired) electrons. The van der Waals surface area contributed by atoms with Gasteiger partial charge in [-0.2, -0.15) is 0 Å². The van der Waals surface area contributed by atoms with Crippen LogP contribution in [0.25, 0.3) is 0 Å². The van der Waals surface area contributed by atoms with Gasteiger partial charge in [-0.05, 0) is 47.0 Å². The molecule has 0 aliphatic rings. The maximum atomic E-state index is 12.3. The number of hydrogen-bond acceptors (Lipinski definition) is 3. The molecule has 112 valence electrons. The van der Waals surface area contributed by atoms with Crippen LogP contribution in [0.15, 0.2) is 26.0 Å². The smallest absolute Gasteiger partial charge is 0.304 e. The summed E-state index contributed by atoms with van der Waals surface area (Å²) < 4.78 is 28.2. The van der Waals surface area contributed by atoms with Gasteiger partial charge in [-0.3, -0.25) is 4.79 Å². The van der Waals surface area contributed by atoms with E-state index in [-0.39, 0.29) is 11.3 Å². The van der Waals surface area contributed by atoms with Crippen LogP contribution >= 0.6 is 31.9 Å². The second-order valence-electron chi connectivity index (χ2n) is 4.36. The van der Waals surface area contributed by atoms with Crippen LogP contribution in [-0.4, -0.2) is 25.5 Å². The van der Waals surface area contributed by atoms with Crippen molar-refractivity contribution in [3.05, 3.63) is 26.6 Å². The topological polar surface area (TPSA) is 83.5 Å². The lowest BCUT2D eigenvalue weighted by Gasteiger charge is -2.16.